The number of esters is 1. The number of carbonyl (C=O) groups is 2. The fraction of sp³-hybridized carbons (Fsp3) is 0.273. The number of aromatic nitrogens is 2. The van der Waals surface area contributed by atoms with Crippen LogP contribution >= 0.6 is 11.3 Å². The highest BCUT2D eigenvalue weighted by Gasteiger charge is 2.19. The molecule has 0 aliphatic carbocycles. The van der Waals surface area contributed by atoms with Crippen molar-refractivity contribution in [1.82, 2.24) is 9.97 Å². The Morgan fingerprint density at radius 2 is 2.07 bits per heavy atom. The van der Waals surface area contributed by atoms with E-state index < -0.39 is 5.97 Å². The molecule has 7 nitrogen and oxygen atoms in total. The zero-order chi connectivity index (χ0) is 20.9. The van der Waals surface area contributed by atoms with Crippen LogP contribution in [0.1, 0.15) is 28.9 Å². The maximum atomic E-state index is 12.8. The number of nitrogens with one attached hydrogen (secondary N) is 1. The summed E-state index contributed by atoms with van der Waals surface area (Å²) in [6, 6.07) is 9.08. The third kappa shape index (κ3) is 4.49. The van der Waals surface area contributed by atoms with Gasteiger partial charge in [0.25, 0.3) is 0 Å². The molecule has 8 heteroatoms. The Balaban J connectivity index is 1.52. The van der Waals surface area contributed by atoms with E-state index in [4.69, 9.17) is 4.74 Å². The molecule has 1 aliphatic heterocycles. The minimum absolute atomic E-state index is 0.151. The zero-order valence-corrected chi connectivity index (χ0v) is 17.4. The van der Waals surface area contributed by atoms with Gasteiger partial charge in [-0.25, -0.2) is 9.78 Å². The Bertz CT molecular complexity index is 1050. The molecule has 30 heavy (non-hydrogen) atoms. The third-order valence-electron chi connectivity index (χ3n) is 4.94. The summed E-state index contributed by atoms with van der Waals surface area (Å²) in [6.45, 7) is 1.86. The molecule has 4 rings (SSSR count). The van der Waals surface area contributed by atoms with Crippen molar-refractivity contribution < 1.29 is 14.3 Å². The molecular weight excluding hydrogens is 400 g/mol. The van der Waals surface area contributed by atoms with Gasteiger partial charge in [-0.05, 0) is 43.2 Å². The van der Waals surface area contributed by atoms with E-state index >= 15 is 0 Å². The first-order chi connectivity index (χ1) is 14.6. The number of pyridine rings is 1. The molecule has 3 aromatic rings. The molecule has 1 fully saturated rings. The smallest absolute Gasteiger partial charge is 0.337 e. The number of nitrogens with zero attached hydrogens (tertiary/aromatic N) is 3. The predicted molar refractivity (Wildman–Crippen MR) is 117 cm³/mol. The summed E-state index contributed by atoms with van der Waals surface area (Å²) in [6.07, 6.45) is 5.85. The number of rotatable bonds is 6. The van der Waals surface area contributed by atoms with E-state index in [-0.39, 0.29) is 12.3 Å². The Morgan fingerprint density at radius 3 is 2.80 bits per heavy atom. The van der Waals surface area contributed by atoms with Crippen molar-refractivity contribution in [3.63, 3.8) is 0 Å². The van der Waals surface area contributed by atoms with Crippen molar-refractivity contribution in [3.8, 4) is 10.6 Å². The third-order valence-corrected chi connectivity index (χ3v) is 5.88. The second-order valence-electron chi connectivity index (χ2n) is 7.03. The zero-order valence-electron chi connectivity index (χ0n) is 16.6. The first-order valence-corrected chi connectivity index (χ1v) is 10.6. The summed E-state index contributed by atoms with van der Waals surface area (Å²) in [7, 11) is 1.34. The number of hydrogen-bond acceptors (Lipinski definition) is 7. The second-order valence-corrected chi connectivity index (χ2v) is 7.89. The van der Waals surface area contributed by atoms with Gasteiger partial charge in [0.15, 0.2) is 0 Å². The largest absolute Gasteiger partial charge is 0.465 e. The lowest BCUT2D eigenvalue weighted by Gasteiger charge is -2.22. The van der Waals surface area contributed by atoms with Crippen LogP contribution in [0.15, 0.2) is 48.1 Å². The molecule has 1 N–H and O–H groups in total. The van der Waals surface area contributed by atoms with Gasteiger partial charge >= 0.3 is 5.97 Å². The minimum atomic E-state index is -0.431. The van der Waals surface area contributed by atoms with Crippen molar-refractivity contribution in [2.75, 3.05) is 30.4 Å². The fourth-order valence-corrected chi connectivity index (χ4v) is 4.29. The number of anilines is 2. The van der Waals surface area contributed by atoms with Crippen molar-refractivity contribution in [3.05, 3.63) is 59.4 Å². The van der Waals surface area contributed by atoms with Gasteiger partial charge in [0.1, 0.15) is 5.01 Å². The van der Waals surface area contributed by atoms with E-state index in [0.29, 0.717) is 16.9 Å². The van der Waals surface area contributed by atoms with E-state index in [1.807, 2.05) is 23.6 Å². The molecular formula is C22H22N4O3S. The number of thiazole rings is 1. The van der Waals surface area contributed by atoms with Gasteiger partial charge in [-0.3, -0.25) is 9.78 Å². The molecule has 0 unspecified atom stereocenters. The number of amides is 1. The van der Waals surface area contributed by atoms with Gasteiger partial charge in [0.05, 0.1) is 36.2 Å². The molecule has 3 heterocycles. The molecule has 0 bridgehead atoms. The van der Waals surface area contributed by atoms with Crippen molar-refractivity contribution >= 4 is 34.6 Å². The molecule has 1 amide bonds. The summed E-state index contributed by atoms with van der Waals surface area (Å²) < 4.78 is 4.82. The monoisotopic (exact) mass is 422 g/mol. The Hall–Kier alpha value is -3.26. The molecule has 1 saturated heterocycles. The van der Waals surface area contributed by atoms with Crippen LogP contribution in [0, 0.1) is 0 Å². The molecule has 0 atom stereocenters. The molecule has 1 aromatic carbocycles. The molecule has 0 spiro atoms. The topological polar surface area (TPSA) is 84.4 Å². The minimum Gasteiger partial charge on any atom is -0.465 e. The average molecular weight is 423 g/mol. The fourth-order valence-electron chi connectivity index (χ4n) is 3.48. The van der Waals surface area contributed by atoms with Gasteiger partial charge in [0.2, 0.25) is 5.91 Å². The second kappa shape index (κ2) is 9.04. The van der Waals surface area contributed by atoms with Crippen molar-refractivity contribution in [2.24, 2.45) is 0 Å². The molecule has 0 saturated carbocycles. The van der Waals surface area contributed by atoms with E-state index in [9.17, 15) is 9.59 Å². The van der Waals surface area contributed by atoms with Crippen LogP contribution in [0.4, 0.5) is 11.4 Å². The van der Waals surface area contributed by atoms with Crippen molar-refractivity contribution in [2.45, 2.75) is 19.3 Å². The Labute approximate surface area is 178 Å². The van der Waals surface area contributed by atoms with E-state index in [0.717, 1.165) is 42.2 Å². The number of carbonyl (C=O) groups excluding carboxylic acids is 2. The van der Waals surface area contributed by atoms with Crippen LogP contribution in [0.25, 0.3) is 10.6 Å². The Kier molecular flexibility index (Phi) is 6.04. The lowest BCUT2D eigenvalue weighted by atomic mass is 10.1. The van der Waals surface area contributed by atoms with E-state index in [2.05, 4.69) is 20.2 Å². The Morgan fingerprint density at radius 1 is 1.23 bits per heavy atom. The van der Waals surface area contributed by atoms with Crippen LogP contribution in [-0.2, 0) is 16.0 Å². The standard InChI is InChI=1S/C22H22N4O3S/c1-29-22(28)15-6-7-19(26-9-2-3-10-26)18(11-15)25-20(27)12-17-14-30-21(24-17)16-5-4-8-23-13-16/h4-8,11,13-14H,2-3,9-10,12H2,1H3,(H,25,27). The maximum absolute atomic E-state index is 12.8. The molecule has 1 aliphatic rings. The first-order valence-electron chi connectivity index (χ1n) is 9.76. The lowest BCUT2D eigenvalue weighted by molar-refractivity contribution is -0.115. The van der Waals surface area contributed by atoms with Crippen LogP contribution in [0.2, 0.25) is 0 Å². The average Bonchev–Trinajstić information content (AvgIpc) is 3.46. The number of methoxy groups -OCH3 is 1. The van der Waals surface area contributed by atoms with Gasteiger partial charge in [-0.2, -0.15) is 0 Å². The predicted octanol–water partition coefficient (Wildman–Crippen LogP) is 3.77. The number of ether oxygens (including phenoxy) is 1. The summed E-state index contributed by atoms with van der Waals surface area (Å²) in [4.78, 5) is 35.6. The highest BCUT2D eigenvalue weighted by atomic mass is 32.1. The van der Waals surface area contributed by atoms with Crippen LogP contribution < -0.4 is 10.2 Å². The summed E-state index contributed by atoms with van der Waals surface area (Å²) in [5, 5.41) is 5.68. The van der Waals surface area contributed by atoms with Crippen LogP contribution in [0.5, 0.6) is 0 Å². The van der Waals surface area contributed by atoms with E-state index in [1.165, 1.54) is 18.4 Å². The van der Waals surface area contributed by atoms with Crippen LogP contribution in [-0.4, -0.2) is 42.0 Å². The first kappa shape index (κ1) is 20.0. The number of hydrogen-bond donors (Lipinski definition) is 1. The summed E-state index contributed by atoms with van der Waals surface area (Å²) >= 11 is 1.48. The van der Waals surface area contributed by atoms with Gasteiger partial charge in [-0.15, -0.1) is 11.3 Å². The summed E-state index contributed by atoms with van der Waals surface area (Å²) in [5.74, 6) is -0.611. The molecule has 0 radical (unpaired) electrons. The SMILES string of the molecule is COC(=O)c1ccc(N2CCCC2)c(NC(=O)Cc2csc(-c3cccnc3)n2)c1. The highest BCUT2D eigenvalue weighted by Crippen LogP contribution is 2.31. The highest BCUT2D eigenvalue weighted by molar-refractivity contribution is 7.13. The maximum Gasteiger partial charge on any atom is 0.337 e. The number of benzene rings is 1. The van der Waals surface area contributed by atoms with E-state index in [1.54, 1.807) is 24.5 Å². The van der Waals surface area contributed by atoms with Gasteiger partial charge in [0, 0.05) is 36.4 Å². The van der Waals surface area contributed by atoms with Gasteiger partial charge < -0.3 is 15.0 Å². The summed E-state index contributed by atoms with van der Waals surface area (Å²) in [5.41, 5.74) is 3.57. The normalized spacial score (nSPS) is 13.3. The molecule has 154 valence electrons. The molecule has 2 aromatic heterocycles. The lowest BCUT2D eigenvalue weighted by Crippen LogP contribution is -2.22. The van der Waals surface area contributed by atoms with Crippen LogP contribution in [0.3, 0.4) is 0 Å². The van der Waals surface area contributed by atoms with Crippen molar-refractivity contribution in [1.29, 1.82) is 0 Å². The van der Waals surface area contributed by atoms with Gasteiger partial charge in [-0.1, -0.05) is 0 Å². The quantitative estimate of drug-likeness (QED) is 0.609.